The fourth-order valence-electron chi connectivity index (χ4n) is 1.52. The fourth-order valence-corrected chi connectivity index (χ4v) is 1.52. The first-order valence-electron chi connectivity index (χ1n) is 4.16. The predicted molar refractivity (Wildman–Crippen MR) is 45.6 cm³/mol. The highest BCUT2D eigenvalue weighted by atomic mass is 15.1. The van der Waals surface area contributed by atoms with E-state index in [0.717, 1.165) is 18.9 Å². The summed E-state index contributed by atoms with van der Waals surface area (Å²) in [5, 5.41) is 6.57. The summed E-state index contributed by atoms with van der Waals surface area (Å²) in [6, 6.07) is 0.486. The average molecular weight is 151 g/mol. The molecular formula is C8H13N3. The summed E-state index contributed by atoms with van der Waals surface area (Å²) in [5.41, 5.74) is 0. The van der Waals surface area contributed by atoms with E-state index in [2.05, 4.69) is 15.6 Å². The highest BCUT2D eigenvalue weighted by Gasteiger charge is 2.19. The number of hydrogen-bond acceptors (Lipinski definition) is 3. The van der Waals surface area contributed by atoms with Crippen molar-refractivity contribution in [2.75, 3.05) is 13.1 Å². The van der Waals surface area contributed by atoms with Gasteiger partial charge in [0.2, 0.25) is 0 Å². The molecule has 0 spiro atoms. The van der Waals surface area contributed by atoms with Gasteiger partial charge in [0, 0.05) is 6.20 Å². The van der Waals surface area contributed by atoms with Crippen molar-refractivity contribution in [3.63, 3.8) is 0 Å². The van der Waals surface area contributed by atoms with Crippen molar-refractivity contribution in [2.24, 2.45) is 4.99 Å². The lowest BCUT2D eigenvalue weighted by Crippen LogP contribution is -2.39. The van der Waals surface area contributed by atoms with Crippen LogP contribution in [-0.2, 0) is 0 Å². The zero-order valence-corrected chi connectivity index (χ0v) is 6.51. The second-order valence-corrected chi connectivity index (χ2v) is 2.92. The van der Waals surface area contributed by atoms with Gasteiger partial charge in [0.1, 0.15) is 5.84 Å². The lowest BCUT2D eigenvalue weighted by atomic mass is 10.2. The monoisotopic (exact) mass is 151 g/mol. The van der Waals surface area contributed by atoms with Gasteiger partial charge in [0.05, 0.1) is 12.6 Å². The minimum Gasteiger partial charge on any atom is -0.349 e. The van der Waals surface area contributed by atoms with E-state index in [-0.39, 0.29) is 0 Å². The van der Waals surface area contributed by atoms with Gasteiger partial charge in [-0.25, -0.2) is 0 Å². The third-order valence-corrected chi connectivity index (χ3v) is 2.11. The molecule has 0 saturated carbocycles. The molecule has 0 aromatic carbocycles. The third kappa shape index (κ3) is 1.43. The van der Waals surface area contributed by atoms with Crippen LogP contribution in [0.2, 0.25) is 0 Å². The van der Waals surface area contributed by atoms with E-state index in [1.165, 1.54) is 12.8 Å². The number of rotatable bonds is 1. The van der Waals surface area contributed by atoms with Gasteiger partial charge >= 0.3 is 0 Å². The molecule has 1 saturated heterocycles. The van der Waals surface area contributed by atoms with Gasteiger partial charge in [-0.2, -0.15) is 0 Å². The van der Waals surface area contributed by atoms with Crippen molar-refractivity contribution in [3.05, 3.63) is 12.3 Å². The second-order valence-electron chi connectivity index (χ2n) is 2.92. The minimum absolute atomic E-state index is 0.486. The number of amidine groups is 1. The first kappa shape index (κ1) is 6.85. The van der Waals surface area contributed by atoms with E-state index in [0.29, 0.717) is 6.04 Å². The molecule has 2 heterocycles. The zero-order chi connectivity index (χ0) is 7.52. The Hall–Kier alpha value is -0.830. The van der Waals surface area contributed by atoms with Crippen molar-refractivity contribution in [1.29, 1.82) is 0 Å². The molecular weight excluding hydrogens is 138 g/mol. The predicted octanol–water partition coefficient (Wildman–Crippen LogP) is 0.254. The standard InChI is InChI=1S/C8H13N3/c1-3-7(9-4-1)8-10-5-2-6-11-8/h2,5,7,9H,1,3-4,6H2,(H,10,11)/t7-/m1/s1. The molecule has 0 aromatic heterocycles. The maximum atomic E-state index is 4.37. The Bertz CT molecular complexity index is 190. The van der Waals surface area contributed by atoms with Crippen molar-refractivity contribution in [2.45, 2.75) is 18.9 Å². The normalized spacial score (nSPS) is 29.8. The Morgan fingerprint density at radius 2 is 2.55 bits per heavy atom. The first-order chi connectivity index (χ1) is 5.47. The van der Waals surface area contributed by atoms with Crippen LogP contribution in [0.3, 0.4) is 0 Å². The van der Waals surface area contributed by atoms with Crippen molar-refractivity contribution < 1.29 is 0 Å². The summed E-state index contributed by atoms with van der Waals surface area (Å²) < 4.78 is 0. The Balaban J connectivity index is 1.97. The highest BCUT2D eigenvalue weighted by Crippen LogP contribution is 2.06. The largest absolute Gasteiger partial charge is 0.349 e. The molecule has 0 unspecified atom stereocenters. The molecule has 3 heteroatoms. The Labute approximate surface area is 66.6 Å². The van der Waals surface area contributed by atoms with Gasteiger partial charge in [-0.15, -0.1) is 0 Å². The molecule has 3 nitrogen and oxygen atoms in total. The van der Waals surface area contributed by atoms with E-state index >= 15 is 0 Å². The smallest absolute Gasteiger partial charge is 0.118 e. The maximum Gasteiger partial charge on any atom is 0.118 e. The summed E-state index contributed by atoms with van der Waals surface area (Å²) in [7, 11) is 0. The zero-order valence-electron chi connectivity index (χ0n) is 6.51. The topological polar surface area (TPSA) is 36.4 Å². The summed E-state index contributed by atoms with van der Waals surface area (Å²) >= 11 is 0. The van der Waals surface area contributed by atoms with Crippen molar-refractivity contribution >= 4 is 5.84 Å². The summed E-state index contributed by atoms with van der Waals surface area (Å²) in [5.74, 6) is 1.12. The molecule has 2 aliphatic heterocycles. The number of aliphatic imine (C=N–C) groups is 1. The molecule has 0 aliphatic carbocycles. The third-order valence-electron chi connectivity index (χ3n) is 2.11. The van der Waals surface area contributed by atoms with Gasteiger partial charge in [-0.05, 0) is 25.5 Å². The quantitative estimate of drug-likeness (QED) is 0.563. The average Bonchev–Trinajstić information content (AvgIpc) is 2.58. The van der Waals surface area contributed by atoms with E-state index < -0.39 is 0 Å². The molecule has 11 heavy (non-hydrogen) atoms. The van der Waals surface area contributed by atoms with Gasteiger partial charge < -0.3 is 10.6 Å². The molecule has 1 fully saturated rings. The molecule has 60 valence electrons. The molecule has 1 atom stereocenters. The highest BCUT2D eigenvalue weighted by molar-refractivity contribution is 5.89. The van der Waals surface area contributed by atoms with E-state index in [1.54, 1.807) is 0 Å². The number of nitrogens with one attached hydrogen (secondary N) is 2. The fraction of sp³-hybridized carbons (Fsp3) is 0.625. The van der Waals surface area contributed by atoms with Crippen molar-refractivity contribution in [1.82, 2.24) is 10.6 Å². The number of hydrogen-bond donors (Lipinski definition) is 2. The lowest BCUT2D eigenvalue weighted by molar-refractivity contribution is 0.738. The number of nitrogens with zero attached hydrogens (tertiary/aromatic N) is 1. The van der Waals surface area contributed by atoms with Crippen LogP contribution in [0.5, 0.6) is 0 Å². The van der Waals surface area contributed by atoms with Crippen molar-refractivity contribution in [3.8, 4) is 0 Å². The van der Waals surface area contributed by atoms with Crippen LogP contribution >= 0.6 is 0 Å². The van der Waals surface area contributed by atoms with Crippen LogP contribution in [0.4, 0.5) is 0 Å². The molecule has 0 bridgehead atoms. The molecule has 2 rings (SSSR count). The summed E-state index contributed by atoms with van der Waals surface area (Å²) in [6.45, 7) is 1.97. The van der Waals surface area contributed by atoms with Crippen LogP contribution in [0, 0.1) is 0 Å². The lowest BCUT2D eigenvalue weighted by Gasteiger charge is -2.15. The molecule has 0 amide bonds. The molecule has 2 N–H and O–H groups in total. The minimum atomic E-state index is 0.486. The van der Waals surface area contributed by atoms with Crippen LogP contribution in [-0.4, -0.2) is 25.0 Å². The second kappa shape index (κ2) is 3.05. The molecule has 0 aromatic rings. The SMILES string of the molecule is C1=CNC([C@H]2CCCN2)=NC1. The Morgan fingerprint density at radius 1 is 1.55 bits per heavy atom. The Morgan fingerprint density at radius 3 is 3.18 bits per heavy atom. The van der Waals surface area contributed by atoms with Crippen LogP contribution in [0.15, 0.2) is 17.3 Å². The summed E-state index contributed by atoms with van der Waals surface area (Å²) in [6.07, 6.45) is 6.50. The molecule has 0 radical (unpaired) electrons. The van der Waals surface area contributed by atoms with Crippen LogP contribution < -0.4 is 10.6 Å². The van der Waals surface area contributed by atoms with E-state index in [9.17, 15) is 0 Å². The summed E-state index contributed by atoms with van der Waals surface area (Å²) in [4.78, 5) is 4.37. The maximum absolute atomic E-state index is 4.37. The van der Waals surface area contributed by atoms with Gasteiger partial charge in [0.15, 0.2) is 0 Å². The Kier molecular flexibility index (Phi) is 1.90. The molecule has 2 aliphatic rings. The van der Waals surface area contributed by atoms with Crippen LogP contribution in [0.25, 0.3) is 0 Å². The van der Waals surface area contributed by atoms with Gasteiger partial charge in [0.25, 0.3) is 0 Å². The van der Waals surface area contributed by atoms with Gasteiger partial charge in [-0.3, -0.25) is 4.99 Å². The van der Waals surface area contributed by atoms with Gasteiger partial charge in [-0.1, -0.05) is 0 Å². The van der Waals surface area contributed by atoms with E-state index in [1.807, 2.05) is 12.3 Å². The van der Waals surface area contributed by atoms with Crippen LogP contribution in [0.1, 0.15) is 12.8 Å². The van der Waals surface area contributed by atoms with E-state index in [4.69, 9.17) is 0 Å². The first-order valence-corrected chi connectivity index (χ1v) is 4.16.